The quantitative estimate of drug-likeness (QED) is 0.174. The molecule has 0 atom stereocenters. The summed E-state index contributed by atoms with van der Waals surface area (Å²) in [5, 5.41) is 3.56. The second-order valence-electron chi connectivity index (χ2n) is 0.980. The fourth-order valence-electron chi connectivity index (χ4n) is 0.187. The molecule has 3 nitrogen and oxygen atoms in total. The van der Waals surface area contributed by atoms with Crippen LogP contribution in [0.5, 0.6) is 0 Å². The molecule has 0 aromatic carbocycles. The topological polar surface area (TPSA) is 41.5 Å². The van der Waals surface area contributed by atoms with Gasteiger partial charge in [0.2, 0.25) is 0 Å². The first-order chi connectivity index (χ1) is 3.91. The van der Waals surface area contributed by atoms with Crippen LogP contribution in [0.15, 0.2) is 5.10 Å². The Kier molecular flexibility index (Phi) is 6.76. The SMILES string of the molecule is C[I-]C/C=N/NC=O. The van der Waals surface area contributed by atoms with Gasteiger partial charge in [0.25, 0.3) is 0 Å². The summed E-state index contributed by atoms with van der Waals surface area (Å²) in [6.45, 7) is 0. The van der Waals surface area contributed by atoms with E-state index in [1.54, 1.807) is 6.21 Å². The van der Waals surface area contributed by atoms with Crippen molar-refractivity contribution in [1.82, 2.24) is 5.43 Å². The molecule has 0 rings (SSSR count). The van der Waals surface area contributed by atoms with Crippen LogP contribution >= 0.6 is 0 Å². The number of hydrazone groups is 1. The van der Waals surface area contributed by atoms with Gasteiger partial charge >= 0.3 is 58.5 Å². The summed E-state index contributed by atoms with van der Waals surface area (Å²) in [4.78, 5) is 11.7. The Morgan fingerprint density at radius 2 is 2.62 bits per heavy atom. The molecule has 0 radical (unpaired) electrons. The summed E-state index contributed by atoms with van der Waals surface area (Å²) >= 11 is 0.284. The van der Waals surface area contributed by atoms with Crippen LogP contribution in [0.3, 0.4) is 0 Å². The second-order valence-corrected chi connectivity index (χ2v) is 3.39. The van der Waals surface area contributed by atoms with Gasteiger partial charge in [0.1, 0.15) is 0 Å². The summed E-state index contributed by atoms with van der Waals surface area (Å²) in [7, 11) is 0. The summed E-state index contributed by atoms with van der Waals surface area (Å²) in [5.74, 6) is 0. The molecule has 0 aliphatic carbocycles. The average molecular weight is 227 g/mol. The van der Waals surface area contributed by atoms with Crippen LogP contribution < -0.4 is 26.6 Å². The Hall–Kier alpha value is -0.130. The predicted molar refractivity (Wildman–Crippen MR) is 28.5 cm³/mol. The number of rotatable bonds is 4. The minimum atomic E-state index is 0.284. The third-order valence-corrected chi connectivity index (χ3v) is 1.72. The second kappa shape index (κ2) is 6.87. The zero-order chi connectivity index (χ0) is 6.24. The van der Waals surface area contributed by atoms with Gasteiger partial charge in [0.05, 0.1) is 0 Å². The third kappa shape index (κ3) is 5.87. The van der Waals surface area contributed by atoms with Gasteiger partial charge in [-0.25, -0.2) is 0 Å². The number of hydrogen-bond donors (Lipinski definition) is 1. The van der Waals surface area contributed by atoms with E-state index in [0.717, 1.165) is 4.43 Å². The molecule has 0 aliphatic rings. The molecule has 4 heteroatoms. The van der Waals surface area contributed by atoms with E-state index in [0.29, 0.717) is 6.41 Å². The molecular formula is C4H8IN2O-. The minimum absolute atomic E-state index is 0.284. The summed E-state index contributed by atoms with van der Waals surface area (Å²) < 4.78 is 1.03. The van der Waals surface area contributed by atoms with Crippen LogP contribution in [0.1, 0.15) is 0 Å². The van der Waals surface area contributed by atoms with Gasteiger partial charge in [-0.3, -0.25) is 0 Å². The fraction of sp³-hybridized carbons (Fsp3) is 0.500. The number of carbonyl (C=O) groups is 1. The zero-order valence-electron chi connectivity index (χ0n) is 4.60. The number of nitrogens with zero attached hydrogens (tertiary/aromatic N) is 1. The number of amides is 1. The Morgan fingerprint density at radius 3 is 3.12 bits per heavy atom. The van der Waals surface area contributed by atoms with E-state index < -0.39 is 0 Å². The zero-order valence-corrected chi connectivity index (χ0v) is 6.75. The van der Waals surface area contributed by atoms with E-state index in [4.69, 9.17) is 0 Å². The van der Waals surface area contributed by atoms with Crippen LogP contribution in [-0.2, 0) is 4.79 Å². The first-order valence-corrected chi connectivity index (χ1v) is 5.74. The van der Waals surface area contributed by atoms with E-state index in [2.05, 4.69) is 15.5 Å². The molecule has 0 fully saturated rings. The Balaban J connectivity index is 2.94. The molecule has 1 N–H and O–H groups in total. The molecule has 0 spiro atoms. The number of halogens is 1. The van der Waals surface area contributed by atoms with Crippen molar-refractivity contribution in [3.05, 3.63) is 0 Å². The first-order valence-electron chi connectivity index (χ1n) is 2.06. The van der Waals surface area contributed by atoms with Gasteiger partial charge < -0.3 is 0 Å². The van der Waals surface area contributed by atoms with Crippen molar-refractivity contribution in [2.75, 3.05) is 9.36 Å². The normalized spacial score (nSPS) is 10.1. The van der Waals surface area contributed by atoms with Crippen LogP contribution in [0.25, 0.3) is 0 Å². The summed E-state index contributed by atoms with van der Waals surface area (Å²) in [6.07, 6.45) is 2.28. The van der Waals surface area contributed by atoms with Gasteiger partial charge in [-0.1, -0.05) is 0 Å². The van der Waals surface area contributed by atoms with E-state index in [1.807, 2.05) is 0 Å². The molecule has 8 heavy (non-hydrogen) atoms. The van der Waals surface area contributed by atoms with E-state index in [-0.39, 0.29) is 21.2 Å². The molecule has 0 aliphatic heterocycles. The van der Waals surface area contributed by atoms with Crippen LogP contribution in [0, 0.1) is 0 Å². The third-order valence-electron chi connectivity index (χ3n) is 0.442. The van der Waals surface area contributed by atoms with E-state index in [1.165, 1.54) is 0 Å². The fourth-order valence-corrected chi connectivity index (χ4v) is 0.777. The molecule has 0 saturated carbocycles. The number of alkyl halides is 2. The monoisotopic (exact) mass is 227 g/mol. The molecule has 48 valence electrons. The van der Waals surface area contributed by atoms with Crippen LogP contribution in [0.2, 0.25) is 0 Å². The van der Waals surface area contributed by atoms with Gasteiger partial charge in [0.15, 0.2) is 0 Å². The molecule has 0 heterocycles. The molecule has 1 amide bonds. The number of carbonyl (C=O) groups excluding carboxylic acids is 1. The van der Waals surface area contributed by atoms with Crippen molar-refractivity contribution in [2.45, 2.75) is 0 Å². The first kappa shape index (κ1) is 7.87. The van der Waals surface area contributed by atoms with E-state index in [9.17, 15) is 4.79 Å². The van der Waals surface area contributed by atoms with Gasteiger partial charge in [-0.05, 0) is 0 Å². The molecule has 0 aromatic heterocycles. The average Bonchev–Trinajstić information content (AvgIpc) is 1.81. The Morgan fingerprint density at radius 1 is 1.88 bits per heavy atom. The van der Waals surface area contributed by atoms with Crippen molar-refractivity contribution >= 4 is 12.6 Å². The van der Waals surface area contributed by atoms with Crippen molar-refractivity contribution in [1.29, 1.82) is 0 Å². The number of nitrogens with one attached hydrogen (secondary N) is 1. The van der Waals surface area contributed by atoms with Gasteiger partial charge in [-0.2, -0.15) is 0 Å². The van der Waals surface area contributed by atoms with Crippen molar-refractivity contribution in [3.8, 4) is 0 Å². The van der Waals surface area contributed by atoms with Crippen LogP contribution in [-0.4, -0.2) is 22.0 Å². The van der Waals surface area contributed by atoms with Crippen molar-refractivity contribution in [3.63, 3.8) is 0 Å². The summed E-state index contributed by atoms with van der Waals surface area (Å²) in [5.41, 5.74) is 2.19. The molecular weight excluding hydrogens is 219 g/mol. The molecule has 0 aromatic rings. The molecule has 0 bridgehead atoms. The standard InChI is InChI=1S/C4H8IN2O/c1-5-2-3-6-7-4-8/h3-4H,2H2,1H3,(H,7,8)/q-1/b6-3+. The molecule has 0 unspecified atom stereocenters. The number of hydrogen-bond acceptors (Lipinski definition) is 2. The maximum atomic E-state index is 9.55. The van der Waals surface area contributed by atoms with Crippen LogP contribution in [0.4, 0.5) is 0 Å². The van der Waals surface area contributed by atoms with Crippen molar-refractivity contribution in [2.24, 2.45) is 5.10 Å². The predicted octanol–water partition coefficient (Wildman–Crippen LogP) is -3.56. The Labute approximate surface area is 58.8 Å². The van der Waals surface area contributed by atoms with E-state index >= 15 is 0 Å². The van der Waals surface area contributed by atoms with Crippen molar-refractivity contribution < 1.29 is 26.0 Å². The van der Waals surface area contributed by atoms with Gasteiger partial charge in [-0.15, -0.1) is 0 Å². The van der Waals surface area contributed by atoms with Gasteiger partial charge in [0, 0.05) is 0 Å². The summed E-state index contributed by atoms with van der Waals surface area (Å²) in [6, 6.07) is 0. The molecule has 0 saturated heterocycles. The Bertz CT molecular complexity index is 84.1. The maximum absolute atomic E-state index is 9.55.